The van der Waals surface area contributed by atoms with Crippen molar-refractivity contribution < 1.29 is 13.9 Å². The lowest BCUT2D eigenvalue weighted by Gasteiger charge is -2.40. The summed E-state index contributed by atoms with van der Waals surface area (Å²) in [5.41, 5.74) is 0.261. The molecule has 0 bridgehead atoms. The molecule has 3 rings (SSSR count). The van der Waals surface area contributed by atoms with Gasteiger partial charge in [0, 0.05) is 45.7 Å². The van der Waals surface area contributed by atoms with Crippen LogP contribution in [-0.4, -0.2) is 53.9 Å². The first-order valence-electron chi connectivity index (χ1n) is 8.88. The van der Waals surface area contributed by atoms with E-state index in [2.05, 4.69) is 15.3 Å². The number of halogens is 1. The van der Waals surface area contributed by atoms with Crippen LogP contribution >= 0.6 is 0 Å². The standard InChI is InChI=1S/C19H25FN4O2/c1-26-13-9-21-18(25)19(24-10-3-8-22-24)6-11-23(12-7-19)15-16-4-2-5-17(20)14-16/h2-5,8,10,14H,6-7,9,11-13,15H2,1H3,(H,21,25). The highest BCUT2D eigenvalue weighted by Crippen LogP contribution is 2.30. The molecule has 0 unspecified atom stereocenters. The summed E-state index contributed by atoms with van der Waals surface area (Å²) < 4.78 is 20.2. The second kappa shape index (κ2) is 8.42. The Bertz CT molecular complexity index is 712. The van der Waals surface area contributed by atoms with Gasteiger partial charge in [0.25, 0.3) is 0 Å². The van der Waals surface area contributed by atoms with E-state index in [1.54, 1.807) is 30.1 Å². The largest absolute Gasteiger partial charge is 0.383 e. The van der Waals surface area contributed by atoms with Crippen molar-refractivity contribution in [2.45, 2.75) is 24.9 Å². The van der Waals surface area contributed by atoms with Crippen molar-refractivity contribution in [1.29, 1.82) is 0 Å². The predicted octanol–water partition coefficient (Wildman–Crippen LogP) is 1.78. The van der Waals surface area contributed by atoms with Gasteiger partial charge in [-0.25, -0.2) is 4.39 Å². The Balaban J connectivity index is 1.68. The Morgan fingerprint density at radius 3 is 2.81 bits per heavy atom. The van der Waals surface area contributed by atoms with E-state index >= 15 is 0 Å². The molecular weight excluding hydrogens is 335 g/mol. The van der Waals surface area contributed by atoms with Gasteiger partial charge in [0.05, 0.1) is 6.61 Å². The van der Waals surface area contributed by atoms with Gasteiger partial charge in [0.15, 0.2) is 0 Å². The molecule has 1 fully saturated rings. The highest BCUT2D eigenvalue weighted by Gasteiger charge is 2.43. The number of likely N-dealkylation sites (tertiary alicyclic amines) is 1. The number of rotatable bonds is 7. The first kappa shape index (κ1) is 18.5. The van der Waals surface area contributed by atoms with Crippen molar-refractivity contribution in [3.8, 4) is 0 Å². The quantitative estimate of drug-likeness (QED) is 0.765. The molecule has 1 aromatic carbocycles. The lowest BCUT2D eigenvalue weighted by atomic mass is 9.86. The first-order chi connectivity index (χ1) is 12.6. The second-order valence-electron chi connectivity index (χ2n) is 6.64. The number of nitrogens with zero attached hydrogens (tertiary/aromatic N) is 3. The Labute approximate surface area is 152 Å². The summed E-state index contributed by atoms with van der Waals surface area (Å²) in [6, 6.07) is 8.50. The van der Waals surface area contributed by atoms with Gasteiger partial charge in [-0.15, -0.1) is 0 Å². The smallest absolute Gasteiger partial charge is 0.248 e. The number of methoxy groups -OCH3 is 1. The molecule has 7 heteroatoms. The van der Waals surface area contributed by atoms with E-state index in [1.165, 1.54) is 6.07 Å². The van der Waals surface area contributed by atoms with Crippen LogP contribution in [0.15, 0.2) is 42.7 Å². The van der Waals surface area contributed by atoms with Crippen molar-refractivity contribution in [2.75, 3.05) is 33.4 Å². The minimum Gasteiger partial charge on any atom is -0.383 e. The number of nitrogens with one attached hydrogen (secondary N) is 1. The molecule has 0 spiro atoms. The summed E-state index contributed by atoms with van der Waals surface area (Å²) in [6.07, 6.45) is 4.85. The van der Waals surface area contributed by atoms with Crippen LogP contribution in [0.1, 0.15) is 18.4 Å². The van der Waals surface area contributed by atoms with Gasteiger partial charge in [0.2, 0.25) is 5.91 Å². The van der Waals surface area contributed by atoms with Gasteiger partial charge < -0.3 is 10.1 Å². The molecule has 1 amide bonds. The number of amides is 1. The molecule has 1 aromatic heterocycles. The molecule has 26 heavy (non-hydrogen) atoms. The lowest BCUT2D eigenvalue weighted by molar-refractivity contribution is -0.133. The van der Waals surface area contributed by atoms with Crippen LogP contribution in [0, 0.1) is 5.82 Å². The predicted molar refractivity (Wildman–Crippen MR) is 96.0 cm³/mol. The van der Waals surface area contributed by atoms with Crippen molar-refractivity contribution >= 4 is 5.91 Å². The van der Waals surface area contributed by atoms with Gasteiger partial charge in [0.1, 0.15) is 11.4 Å². The first-order valence-corrected chi connectivity index (χ1v) is 8.88. The van der Waals surface area contributed by atoms with E-state index in [0.717, 1.165) is 18.7 Å². The van der Waals surface area contributed by atoms with E-state index in [9.17, 15) is 9.18 Å². The summed E-state index contributed by atoms with van der Waals surface area (Å²) in [5.74, 6) is -0.244. The molecular formula is C19H25FN4O2. The van der Waals surface area contributed by atoms with Crippen molar-refractivity contribution in [2.24, 2.45) is 0 Å². The molecule has 2 aromatic rings. The minimum absolute atomic E-state index is 0.0244. The van der Waals surface area contributed by atoms with E-state index in [1.807, 2.05) is 18.3 Å². The molecule has 0 radical (unpaired) electrons. The van der Waals surface area contributed by atoms with Crippen LogP contribution in [0.3, 0.4) is 0 Å². The van der Waals surface area contributed by atoms with E-state index in [-0.39, 0.29) is 11.7 Å². The van der Waals surface area contributed by atoms with Gasteiger partial charge in [-0.3, -0.25) is 14.4 Å². The maximum absolute atomic E-state index is 13.4. The van der Waals surface area contributed by atoms with Crippen molar-refractivity contribution in [1.82, 2.24) is 20.0 Å². The zero-order chi connectivity index (χ0) is 18.4. The monoisotopic (exact) mass is 360 g/mol. The summed E-state index contributed by atoms with van der Waals surface area (Å²) in [5, 5.41) is 7.30. The highest BCUT2D eigenvalue weighted by molar-refractivity contribution is 5.84. The average molecular weight is 360 g/mol. The molecule has 2 heterocycles. The Kier molecular flexibility index (Phi) is 6.00. The maximum atomic E-state index is 13.4. The molecule has 1 aliphatic heterocycles. The Hall–Kier alpha value is -2.25. The fourth-order valence-corrected chi connectivity index (χ4v) is 3.49. The number of carbonyl (C=O) groups excluding carboxylic acids is 1. The Morgan fingerprint density at radius 2 is 2.15 bits per heavy atom. The SMILES string of the molecule is COCCNC(=O)C1(n2cccn2)CCN(Cc2cccc(F)c2)CC1. The van der Waals surface area contributed by atoms with E-state index in [4.69, 9.17) is 4.74 Å². The zero-order valence-electron chi connectivity index (χ0n) is 15.0. The van der Waals surface area contributed by atoms with Crippen LogP contribution < -0.4 is 5.32 Å². The minimum atomic E-state index is -0.685. The van der Waals surface area contributed by atoms with E-state index in [0.29, 0.717) is 32.5 Å². The maximum Gasteiger partial charge on any atom is 0.248 e. The molecule has 6 nitrogen and oxygen atoms in total. The number of benzene rings is 1. The number of hydrogen-bond acceptors (Lipinski definition) is 4. The van der Waals surface area contributed by atoms with Crippen LogP contribution in [0.4, 0.5) is 4.39 Å². The number of piperidine rings is 1. The zero-order valence-corrected chi connectivity index (χ0v) is 15.0. The summed E-state index contributed by atoms with van der Waals surface area (Å²) in [7, 11) is 1.61. The van der Waals surface area contributed by atoms with Crippen molar-refractivity contribution in [3.63, 3.8) is 0 Å². The highest BCUT2D eigenvalue weighted by atomic mass is 19.1. The third-order valence-corrected chi connectivity index (χ3v) is 4.94. The molecule has 0 aliphatic carbocycles. The Morgan fingerprint density at radius 1 is 1.35 bits per heavy atom. The third kappa shape index (κ3) is 4.11. The molecule has 0 atom stereocenters. The molecule has 1 N–H and O–H groups in total. The fourth-order valence-electron chi connectivity index (χ4n) is 3.49. The average Bonchev–Trinajstić information content (AvgIpc) is 3.18. The normalized spacial score (nSPS) is 17.2. The lowest BCUT2D eigenvalue weighted by Crippen LogP contribution is -2.55. The summed E-state index contributed by atoms with van der Waals surface area (Å²) in [6.45, 7) is 3.12. The van der Waals surface area contributed by atoms with Gasteiger partial charge in [-0.2, -0.15) is 5.10 Å². The van der Waals surface area contributed by atoms with Gasteiger partial charge in [-0.05, 0) is 36.6 Å². The van der Waals surface area contributed by atoms with Gasteiger partial charge in [-0.1, -0.05) is 12.1 Å². The second-order valence-corrected chi connectivity index (χ2v) is 6.64. The van der Waals surface area contributed by atoms with Gasteiger partial charge >= 0.3 is 0 Å². The summed E-state index contributed by atoms with van der Waals surface area (Å²) >= 11 is 0. The molecule has 0 saturated carbocycles. The summed E-state index contributed by atoms with van der Waals surface area (Å²) in [4.78, 5) is 15.2. The number of carbonyl (C=O) groups is 1. The van der Waals surface area contributed by atoms with E-state index < -0.39 is 5.54 Å². The molecule has 140 valence electrons. The molecule has 1 saturated heterocycles. The number of ether oxygens (including phenoxy) is 1. The van der Waals surface area contributed by atoms with Crippen LogP contribution in [0.5, 0.6) is 0 Å². The number of hydrogen-bond donors (Lipinski definition) is 1. The fraction of sp³-hybridized carbons (Fsp3) is 0.474. The van der Waals surface area contributed by atoms with Crippen LogP contribution in [0.25, 0.3) is 0 Å². The van der Waals surface area contributed by atoms with Crippen LogP contribution in [-0.2, 0) is 21.6 Å². The van der Waals surface area contributed by atoms with Crippen LogP contribution in [0.2, 0.25) is 0 Å². The van der Waals surface area contributed by atoms with Crippen molar-refractivity contribution in [3.05, 3.63) is 54.1 Å². The topological polar surface area (TPSA) is 59.4 Å². The third-order valence-electron chi connectivity index (χ3n) is 4.94. The molecule has 1 aliphatic rings. The number of aromatic nitrogens is 2.